The molecule has 1 N–H and O–H groups in total. The first-order valence-corrected chi connectivity index (χ1v) is 7.69. The molecule has 17 heavy (non-hydrogen) atoms. The fourth-order valence-electron chi connectivity index (χ4n) is 1.33. The van der Waals surface area contributed by atoms with Crippen molar-refractivity contribution in [1.82, 2.24) is 15.2 Å². The Morgan fingerprint density at radius 2 is 2.12 bits per heavy atom. The van der Waals surface area contributed by atoms with E-state index in [0.29, 0.717) is 11.5 Å². The number of rotatable bonds is 6. The van der Waals surface area contributed by atoms with Crippen molar-refractivity contribution in [3.63, 3.8) is 0 Å². The van der Waals surface area contributed by atoms with Crippen LogP contribution in [0.4, 0.5) is 0 Å². The van der Waals surface area contributed by atoms with Gasteiger partial charge in [-0.3, -0.25) is 9.31 Å². The van der Waals surface area contributed by atoms with Crippen molar-refractivity contribution in [1.29, 1.82) is 0 Å². The molecule has 4 nitrogen and oxygen atoms in total. The molecule has 0 saturated carbocycles. The van der Waals surface area contributed by atoms with Gasteiger partial charge >= 0.3 is 0 Å². The molecule has 0 aliphatic rings. The average molecular weight is 267 g/mol. The maximum Gasteiger partial charge on any atom is 0.183 e. The van der Waals surface area contributed by atoms with Crippen molar-refractivity contribution >= 4 is 22.6 Å². The standard InChI is InChI=1S/C11H13N3OS2/c15-17(8-10-4-2-1-3-5-10)7-6-16-11-12-9-13-14-11/h1-5,9H,6-8H2,(H,12,13,14). The molecule has 1 atom stereocenters. The predicted octanol–water partition coefficient (Wildman–Crippen LogP) is 1.85. The molecule has 2 rings (SSSR count). The van der Waals surface area contributed by atoms with Gasteiger partial charge in [-0.1, -0.05) is 42.1 Å². The molecule has 1 heterocycles. The van der Waals surface area contributed by atoms with E-state index in [9.17, 15) is 4.21 Å². The van der Waals surface area contributed by atoms with E-state index < -0.39 is 10.8 Å². The van der Waals surface area contributed by atoms with E-state index in [1.54, 1.807) is 11.8 Å². The summed E-state index contributed by atoms with van der Waals surface area (Å²) in [5, 5.41) is 7.30. The highest BCUT2D eigenvalue weighted by Crippen LogP contribution is 2.11. The minimum absolute atomic E-state index is 0.623. The van der Waals surface area contributed by atoms with Crippen LogP contribution in [0.2, 0.25) is 0 Å². The smallest absolute Gasteiger partial charge is 0.183 e. The molecule has 2 aromatic rings. The SMILES string of the molecule is O=S(CCSc1ncn[nH]1)Cc1ccccc1. The first-order chi connectivity index (χ1) is 8.34. The average Bonchev–Trinajstić information content (AvgIpc) is 2.83. The molecular weight excluding hydrogens is 254 g/mol. The normalized spacial score (nSPS) is 12.5. The number of aromatic amines is 1. The maximum absolute atomic E-state index is 11.8. The molecule has 0 aliphatic carbocycles. The molecule has 90 valence electrons. The fraction of sp³-hybridized carbons (Fsp3) is 0.273. The summed E-state index contributed by atoms with van der Waals surface area (Å²) in [4.78, 5) is 3.99. The lowest BCUT2D eigenvalue weighted by Gasteiger charge is -2.01. The summed E-state index contributed by atoms with van der Waals surface area (Å²) in [5.74, 6) is 2.08. The van der Waals surface area contributed by atoms with Crippen LogP contribution < -0.4 is 0 Å². The second-order valence-electron chi connectivity index (χ2n) is 3.41. The minimum atomic E-state index is -0.815. The van der Waals surface area contributed by atoms with Crippen molar-refractivity contribution in [2.75, 3.05) is 11.5 Å². The molecule has 6 heteroatoms. The molecule has 0 radical (unpaired) electrons. The van der Waals surface area contributed by atoms with Crippen LogP contribution in [-0.2, 0) is 16.6 Å². The number of benzene rings is 1. The van der Waals surface area contributed by atoms with Crippen LogP contribution >= 0.6 is 11.8 Å². The Morgan fingerprint density at radius 1 is 1.29 bits per heavy atom. The Bertz CT molecular complexity index is 459. The van der Waals surface area contributed by atoms with Gasteiger partial charge in [0.05, 0.1) is 0 Å². The summed E-state index contributed by atoms with van der Waals surface area (Å²) in [6.07, 6.45) is 1.48. The molecular formula is C11H13N3OS2. The summed E-state index contributed by atoms with van der Waals surface area (Å²) >= 11 is 1.54. The van der Waals surface area contributed by atoms with Gasteiger partial charge in [-0.2, -0.15) is 5.10 Å². The Kier molecular flexibility index (Phi) is 4.75. The molecule has 1 unspecified atom stereocenters. The molecule has 0 aliphatic heterocycles. The van der Waals surface area contributed by atoms with Crippen LogP contribution in [0.5, 0.6) is 0 Å². The van der Waals surface area contributed by atoms with E-state index in [-0.39, 0.29) is 0 Å². The molecule has 0 spiro atoms. The number of thioether (sulfide) groups is 1. The highest BCUT2D eigenvalue weighted by molar-refractivity contribution is 8.00. The van der Waals surface area contributed by atoms with Gasteiger partial charge in [-0.05, 0) is 5.56 Å². The first-order valence-electron chi connectivity index (χ1n) is 5.21. The number of H-pyrrole nitrogens is 1. The van der Waals surface area contributed by atoms with Gasteiger partial charge in [-0.15, -0.1) is 0 Å². The van der Waals surface area contributed by atoms with Gasteiger partial charge in [0.25, 0.3) is 0 Å². The Morgan fingerprint density at radius 3 is 2.82 bits per heavy atom. The summed E-state index contributed by atoms with van der Waals surface area (Å²) in [7, 11) is -0.815. The highest BCUT2D eigenvalue weighted by Gasteiger charge is 2.03. The largest absolute Gasteiger partial charge is 0.259 e. The molecule has 1 aromatic heterocycles. The van der Waals surface area contributed by atoms with Crippen molar-refractivity contribution in [2.24, 2.45) is 0 Å². The summed E-state index contributed by atoms with van der Waals surface area (Å²) in [6, 6.07) is 9.90. The topological polar surface area (TPSA) is 58.6 Å². The van der Waals surface area contributed by atoms with Crippen LogP contribution in [-0.4, -0.2) is 30.9 Å². The van der Waals surface area contributed by atoms with E-state index in [0.717, 1.165) is 16.5 Å². The highest BCUT2D eigenvalue weighted by atomic mass is 32.2. The van der Waals surface area contributed by atoms with Gasteiger partial charge in [0.1, 0.15) is 6.33 Å². The second kappa shape index (κ2) is 6.56. The van der Waals surface area contributed by atoms with E-state index >= 15 is 0 Å². The monoisotopic (exact) mass is 267 g/mol. The zero-order chi connectivity index (χ0) is 11.9. The van der Waals surface area contributed by atoms with E-state index in [1.165, 1.54) is 6.33 Å². The Balaban J connectivity index is 1.71. The van der Waals surface area contributed by atoms with Gasteiger partial charge in [0, 0.05) is 28.1 Å². The quantitative estimate of drug-likeness (QED) is 0.811. The van der Waals surface area contributed by atoms with Gasteiger partial charge < -0.3 is 0 Å². The molecule has 0 saturated heterocycles. The lowest BCUT2D eigenvalue weighted by Crippen LogP contribution is -2.03. The van der Waals surface area contributed by atoms with Crippen molar-refractivity contribution < 1.29 is 4.21 Å². The zero-order valence-corrected chi connectivity index (χ0v) is 10.8. The van der Waals surface area contributed by atoms with Crippen molar-refractivity contribution in [3.8, 4) is 0 Å². The predicted molar refractivity (Wildman–Crippen MR) is 70.3 cm³/mol. The number of nitrogens with zero attached hydrogens (tertiary/aromatic N) is 2. The summed E-state index contributed by atoms with van der Waals surface area (Å²) in [5.41, 5.74) is 1.12. The molecule has 0 amide bonds. The van der Waals surface area contributed by atoms with Gasteiger partial charge in [-0.25, -0.2) is 4.98 Å². The van der Waals surface area contributed by atoms with Crippen molar-refractivity contribution in [2.45, 2.75) is 10.9 Å². The first kappa shape index (κ1) is 12.3. The lowest BCUT2D eigenvalue weighted by molar-refractivity contribution is 0.683. The molecule has 1 aromatic carbocycles. The lowest BCUT2D eigenvalue weighted by atomic mass is 10.2. The number of aromatic nitrogens is 3. The second-order valence-corrected chi connectivity index (χ2v) is 6.07. The number of nitrogens with one attached hydrogen (secondary N) is 1. The minimum Gasteiger partial charge on any atom is -0.259 e. The summed E-state index contributed by atoms with van der Waals surface area (Å²) in [6.45, 7) is 0. The van der Waals surface area contributed by atoms with Crippen molar-refractivity contribution in [3.05, 3.63) is 42.2 Å². The van der Waals surface area contributed by atoms with Crippen LogP contribution in [0.3, 0.4) is 0 Å². The number of hydrogen-bond donors (Lipinski definition) is 1. The van der Waals surface area contributed by atoms with E-state index in [1.807, 2.05) is 30.3 Å². The van der Waals surface area contributed by atoms with E-state index in [4.69, 9.17) is 0 Å². The van der Waals surface area contributed by atoms with Crippen LogP contribution in [0.1, 0.15) is 5.56 Å². The fourth-order valence-corrected chi connectivity index (χ4v) is 3.55. The molecule has 0 bridgehead atoms. The van der Waals surface area contributed by atoms with Gasteiger partial charge in [0.15, 0.2) is 5.16 Å². The summed E-state index contributed by atoms with van der Waals surface area (Å²) < 4.78 is 11.8. The third-order valence-electron chi connectivity index (χ3n) is 2.11. The number of hydrogen-bond acceptors (Lipinski definition) is 4. The van der Waals surface area contributed by atoms with Gasteiger partial charge in [0.2, 0.25) is 0 Å². The van der Waals surface area contributed by atoms with E-state index in [2.05, 4.69) is 15.2 Å². The van der Waals surface area contributed by atoms with Crippen LogP contribution in [0.15, 0.2) is 41.8 Å². The third-order valence-corrected chi connectivity index (χ3v) is 4.56. The maximum atomic E-state index is 11.8. The Hall–Kier alpha value is -1.14. The Labute approximate surface area is 107 Å². The van der Waals surface area contributed by atoms with Crippen LogP contribution in [0.25, 0.3) is 0 Å². The zero-order valence-electron chi connectivity index (χ0n) is 9.20. The third kappa shape index (κ3) is 4.32. The van der Waals surface area contributed by atoms with Crippen LogP contribution in [0, 0.1) is 0 Å². The molecule has 0 fully saturated rings.